The summed E-state index contributed by atoms with van der Waals surface area (Å²) in [6, 6.07) is 1.86. The van der Waals surface area contributed by atoms with Gasteiger partial charge in [-0.25, -0.2) is 9.78 Å². The molecule has 0 aliphatic heterocycles. The molecule has 2 rings (SSSR count). The molecule has 1 aliphatic rings. The van der Waals surface area contributed by atoms with E-state index in [9.17, 15) is 4.79 Å². The molecule has 0 atom stereocenters. The summed E-state index contributed by atoms with van der Waals surface area (Å²) in [5.41, 5.74) is 2.96. The fourth-order valence-corrected chi connectivity index (χ4v) is 1.83. The number of aryl methyl sites for hydroxylation is 2. The Balaban J connectivity index is 2.33. The van der Waals surface area contributed by atoms with Crippen LogP contribution in [0.2, 0.25) is 0 Å². The Labute approximate surface area is 83.1 Å². The summed E-state index contributed by atoms with van der Waals surface area (Å²) < 4.78 is 4.63. The van der Waals surface area contributed by atoms with Crippen LogP contribution >= 0.6 is 0 Å². The minimum atomic E-state index is -0.349. The molecule has 1 aliphatic carbocycles. The minimum absolute atomic E-state index is 0.349. The van der Waals surface area contributed by atoms with Gasteiger partial charge in [0.1, 0.15) is 5.69 Å². The van der Waals surface area contributed by atoms with Gasteiger partial charge in [0.25, 0.3) is 0 Å². The van der Waals surface area contributed by atoms with Crippen molar-refractivity contribution >= 4 is 5.97 Å². The van der Waals surface area contributed by atoms with E-state index in [0.29, 0.717) is 5.69 Å². The normalized spacial score (nSPS) is 14.6. The van der Waals surface area contributed by atoms with E-state index in [-0.39, 0.29) is 5.97 Å². The molecule has 1 aromatic heterocycles. The molecular formula is C11H13NO2. The molecule has 1 aromatic rings. The summed E-state index contributed by atoms with van der Waals surface area (Å²) in [5, 5.41) is 0. The van der Waals surface area contributed by atoms with Crippen LogP contribution in [0.3, 0.4) is 0 Å². The fraction of sp³-hybridized carbons (Fsp3) is 0.455. The van der Waals surface area contributed by atoms with Crippen LogP contribution in [0.4, 0.5) is 0 Å². The van der Waals surface area contributed by atoms with E-state index in [4.69, 9.17) is 0 Å². The summed E-state index contributed by atoms with van der Waals surface area (Å²) >= 11 is 0. The van der Waals surface area contributed by atoms with Gasteiger partial charge >= 0.3 is 5.97 Å². The zero-order valence-corrected chi connectivity index (χ0v) is 8.25. The Bertz CT molecular complexity index is 360. The molecule has 1 heterocycles. The Morgan fingerprint density at radius 3 is 2.79 bits per heavy atom. The van der Waals surface area contributed by atoms with Gasteiger partial charge in [0, 0.05) is 6.20 Å². The van der Waals surface area contributed by atoms with Gasteiger partial charge in [0.05, 0.1) is 7.11 Å². The second-order valence-corrected chi connectivity index (χ2v) is 3.54. The molecule has 0 saturated heterocycles. The predicted molar refractivity (Wildman–Crippen MR) is 52.2 cm³/mol. The van der Waals surface area contributed by atoms with Crippen molar-refractivity contribution in [1.29, 1.82) is 0 Å². The zero-order valence-electron chi connectivity index (χ0n) is 8.25. The minimum Gasteiger partial charge on any atom is -0.464 e. The van der Waals surface area contributed by atoms with Crippen LogP contribution < -0.4 is 0 Å². The SMILES string of the molecule is COC(=O)c1cc2c(cn1)CCCC2. The van der Waals surface area contributed by atoms with Crippen molar-refractivity contribution in [3.8, 4) is 0 Å². The van der Waals surface area contributed by atoms with Gasteiger partial charge in [-0.3, -0.25) is 0 Å². The Morgan fingerprint density at radius 2 is 2.07 bits per heavy atom. The van der Waals surface area contributed by atoms with E-state index in [0.717, 1.165) is 12.8 Å². The Morgan fingerprint density at radius 1 is 1.36 bits per heavy atom. The molecule has 0 spiro atoms. The lowest BCUT2D eigenvalue weighted by Crippen LogP contribution is -2.09. The highest BCUT2D eigenvalue weighted by Crippen LogP contribution is 2.20. The first-order valence-electron chi connectivity index (χ1n) is 4.87. The van der Waals surface area contributed by atoms with E-state index in [2.05, 4.69) is 9.72 Å². The maximum Gasteiger partial charge on any atom is 0.356 e. The number of hydrogen-bond donors (Lipinski definition) is 0. The van der Waals surface area contributed by atoms with E-state index in [1.54, 1.807) is 6.20 Å². The van der Waals surface area contributed by atoms with Gasteiger partial charge in [-0.1, -0.05) is 0 Å². The number of methoxy groups -OCH3 is 1. The molecule has 0 unspecified atom stereocenters. The third-order valence-electron chi connectivity index (χ3n) is 2.62. The Hall–Kier alpha value is -1.38. The zero-order chi connectivity index (χ0) is 9.97. The lowest BCUT2D eigenvalue weighted by Gasteiger charge is -2.15. The topological polar surface area (TPSA) is 39.2 Å². The largest absolute Gasteiger partial charge is 0.464 e. The summed E-state index contributed by atoms with van der Waals surface area (Å²) in [6.45, 7) is 0. The Kier molecular flexibility index (Phi) is 2.48. The van der Waals surface area contributed by atoms with Gasteiger partial charge in [-0.15, -0.1) is 0 Å². The number of fused-ring (bicyclic) bond motifs is 1. The first kappa shape index (κ1) is 9.19. The van der Waals surface area contributed by atoms with E-state index in [1.807, 2.05) is 6.07 Å². The number of rotatable bonds is 1. The summed E-state index contributed by atoms with van der Waals surface area (Å²) in [5.74, 6) is -0.349. The molecule has 14 heavy (non-hydrogen) atoms. The maximum atomic E-state index is 11.2. The smallest absolute Gasteiger partial charge is 0.356 e. The third-order valence-corrected chi connectivity index (χ3v) is 2.62. The van der Waals surface area contributed by atoms with Crippen LogP contribution in [-0.4, -0.2) is 18.1 Å². The van der Waals surface area contributed by atoms with Crippen molar-refractivity contribution in [2.45, 2.75) is 25.7 Å². The van der Waals surface area contributed by atoms with Gasteiger partial charge in [0.2, 0.25) is 0 Å². The lowest BCUT2D eigenvalue weighted by atomic mass is 9.93. The van der Waals surface area contributed by atoms with Crippen molar-refractivity contribution < 1.29 is 9.53 Å². The highest BCUT2D eigenvalue weighted by atomic mass is 16.5. The molecule has 0 bridgehead atoms. The van der Waals surface area contributed by atoms with Gasteiger partial charge in [-0.2, -0.15) is 0 Å². The van der Waals surface area contributed by atoms with Crippen LogP contribution in [-0.2, 0) is 17.6 Å². The van der Waals surface area contributed by atoms with Crippen LogP contribution in [0.5, 0.6) is 0 Å². The number of pyridine rings is 1. The number of nitrogens with zero attached hydrogens (tertiary/aromatic N) is 1. The van der Waals surface area contributed by atoms with Gasteiger partial charge < -0.3 is 4.74 Å². The quantitative estimate of drug-likeness (QED) is 0.635. The summed E-state index contributed by atoms with van der Waals surface area (Å²) in [7, 11) is 1.38. The summed E-state index contributed by atoms with van der Waals surface area (Å²) in [6.07, 6.45) is 6.39. The molecular weight excluding hydrogens is 178 g/mol. The van der Waals surface area contributed by atoms with Crippen LogP contribution in [0.1, 0.15) is 34.5 Å². The number of esters is 1. The van der Waals surface area contributed by atoms with Crippen LogP contribution in [0.25, 0.3) is 0 Å². The lowest BCUT2D eigenvalue weighted by molar-refractivity contribution is 0.0594. The van der Waals surface area contributed by atoms with Crippen LogP contribution in [0, 0.1) is 0 Å². The fourth-order valence-electron chi connectivity index (χ4n) is 1.83. The molecule has 0 radical (unpaired) electrons. The maximum absolute atomic E-state index is 11.2. The van der Waals surface area contributed by atoms with E-state index in [1.165, 1.54) is 31.1 Å². The first-order chi connectivity index (χ1) is 6.81. The molecule has 0 amide bonds. The highest BCUT2D eigenvalue weighted by molar-refractivity contribution is 5.87. The average molecular weight is 191 g/mol. The molecule has 0 fully saturated rings. The number of carbonyl (C=O) groups is 1. The van der Waals surface area contributed by atoms with Crippen LogP contribution in [0.15, 0.2) is 12.3 Å². The number of carbonyl (C=O) groups excluding carboxylic acids is 1. The summed E-state index contributed by atoms with van der Waals surface area (Å²) in [4.78, 5) is 15.3. The van der Waals surface area contributed by atoms with Crippen molar-refractivity contribution in [1.82, 2.24) is 4.98 Å². The van der Waals surface area contributed by atoms with Gasteiger partial charge in [-0.05, 0) is 42.9 Å². The molecule has 0 N–H and O–H groups in total. The third kappa shape index (κ3) is 1.62. The monoisotopic (exact) mass is 191 g/mol. The van der Waals surface area contributed by atoms with E-state index >= 15 is 0 Å². The van der Waals surface area contributed by atoms with Crippen molar-refractivity contribution in [2.75, 3.05) is 7.11 Å². The predicted octanol–water partition coefficient (Wildman–Crippen LogP) is 1.75. The molecule has 0 saturated carbocycles. The van der Waals surface area contributed by atoms with Crippen molar-refractivity contribution in [2.24, 2.45) is 0 Å². The number of hydrogen-bond acceptors (Lipinski definition) is 3. The highest BCUT2D eigenvalue weighted by Gasteiger charge is 2.13. The average Bonchev–Trinajstić information content (AvgIpc) is 2.27. The van der Waals surface area contributed by atoms with Crippen molar-refractivity contribution in [3.05, 3.63) is 29.1 Å². The number of ether oxygens (including phenoxy) is 1. The molecule has 3 heteroatoms. The second kappa shape index (κ2) is 3.78. The second-order valence-electron chi connectivity index (χ2n) is 3.54. The van der Waals surface area contributed by atoms with Gasteiger partial charge in [0.15, 0.2) is 0 Å². The van der Waals surface area contributed by atoms with E-state index < -0.39 is 0 Å². The molecule has 74 valence electrons. The first-order valence-corrected chi connectivity index (χ1v) is 4.87. The molecule has 3 nitrogen and oxygen atoms in total. The standard InChI is InChI=1S/C11H13NO2/c1-14-11(13)10-6-8-4-2-3-5-9(8)7-12-10/h6-7H,2-5H2,1H3. The molecule has 0 aromatic carbocycles. The van der Waals surface area contributed by atoms with Crippen molar-refractivity contribution in [3.63, 3.8) is 0 Å². The number of aromatic nitrogens is 1.